The Morgan fingerprint density at radius 2 is 2.00 bits per heavy atom. The molecule has 1 saturated heterocycles. The Morgan fingerprint density at radius 3 is 2.53 bits per heavy atom. The molecule has 0 aromatic rings. The molecule has 0 aromatic heterocycles. The number of carbonyl (C=O) groups is 1. The van der Waals surface area contributed by atoms with Crippen molar-refractivity contribution in [2.24, 2.45) is 11.1 Å². The zero-order valence-electron chi connectivity index (χ0n) is 10.6. The predicted octanol–water partition coefficient (Wildman–Crippen LogP) is 2.23. The second kappa shape index (κ2) is 4.92. The number of thiocarbonyl (C=S) groups is 1. The van der Waals surface area contributed by atoms with Gasteiger partial charge in [-0.05, 0) is 32.6 Å². The summed E-state index contributed by atoms with van der Waals surface area (Å²) in [7, 11) is 0. The van der Waals surface area contributed by atoms with Gasteiger partial charge in [0.15, 0.2) is 0 Å². The first-order valence-corrected chi connectivity index (χ1v) is 7.10. The van der Waals surface area contributed by atoms with Crippen LogP contribution in [-0.4, -0.2) is 28.4 Å². The van der Waals surface area contributed by atoms with Crippen molar-refractivity contribution < 1.29 is 4.79 Å². The third-order valence-electron chi connectivity index (χ3n) is 4.40. The molecule has 3 nitrogen and oxygen atoms in total. The summed E-state index contributed by atoms with van der Waals surface area (Å²) in [5.41, 5.74) is 5.32. The third-order valence-corrected chi connectivity index (χ3v) is 4.79. The van der Waals surface area contributed by atoms with Crippen molar-refractivity contribution in [2.75, 3.05) is 6.54 Å². The van der Waals surface area contributed by atoms with Crippen LogP contribution in [0.3, 0.4) is 0 Å². The van der Waals surface area contributed by atoms with Gasteiger partial charge in [-0.25, -0.2) is 0 Å². The predicted molar refractivity (Wildman–Crippen MR) is 72.7 cm³/mol. The number of rotatable bonds is 2. The van der Waals surface area contributed by atoms with Gasteiger partial charge in [-0.15, -0.1) is 0 Å². The molecular weight excluding hydrogens is 232 g/mol. The molecule has 0 aromatic carbocycles. The van der Waals surface area contributed by atoms with Gasteiger partial charge in [0.2, 0.25) is 5.91 Å². The molecule has 2 rings (SSSR count). The van der Waals surface area contributed by atoms with E-state index in [0.717, 1.165) is 38.6 Å². The Balaban J connectivity index is 2.14. The van der Waals surface area contributed by atoms with Crippen molar-refractivity contribution in [1.82, 2.24) is 4.90 Å². The highest BCUT2D eigenvalue weighted by atomic mass is 32.1. The van der Waals surface area contributed by atoms with E-state index in [1.807, 2.05) is 4.90 Å². The third kappa shape index (κ3) is 2.19. The molecule has 1 aliphatic carbocycles. The van der Waals surface area contributed by atoms with E-state index >= 15 is 0 Å². The zero-order valence-corrected chi connectivity index (χ0v) is 11.4. The summed E-state index contributed by atoms with van der Waals surface area (Å²) in [6.45, 7) is 3.03. The number of nitrogens with two attached hydrogens (primary N) is 1. The van der Waals surface area contributed by atoms with Gasteiger partial charge in [0.1, 0.15) is 0 Å². The van der Waals surface area contributed by atoms with Gasteiger partial charge < -0.3 is 10.6 Å². The maximum Gasteiger partial charge on any atom is 0.235 e. The molecule has 0 spiro atoms. The first-order chi connectivity index (χ1) is 8.08. The molecule has 1 amide bonds. The smallest absolute Gasteiger partial charge is 0.235 e. The van der Waals surface area contributed by atoms with E-state index in [0.29, 0.717) is 11.0 Å². The maximum atomic E-state index is 12.7. The molecule has 1 atom stereocenters. The van der Waals surface area contributed by atoms with Gasteiger partial charge in [-0.3, -0.25) is 4.79 Å². The standard InChI is InChI=1S/C13H22N2OS/c1-10-6-3-2-4-9-15(10)12(16)13(11(14)17)7-5-8-13/h10H,2-9H2,1H3,(H2,14,17). The quantitative estimate of drug-likeness (QED) is 0.769. The normalized spacial score (nSPS) is 28.1. The van der Waals surface area contributed by atoms with Crippen molar-refractivity contribution in [2.45, 2.75) is 57.9 Å². The number of hydrogen-bond acceptors (Lipinski definition) is 2. The molecule has 1 saturated carbocycles. The number of amides is 1. The molecule has 1 heterocycles. The Hall–Kier alpha value is -0.640. The zero-order chi connectivity index (χ0) is 12.5. The minimum atomic E-state index is -0.492. The van der Waals surface area contributed by atoms with Gasteiger partial charge in [0.05, 0.1) is 10.4 Å². The molecular formula is C13H22N2OS. The Kier molecular flexibility index (Phi) is 3.71. The first kappa shape index (κ1) is 12.8. The molecule has 1 unspecified atom stereocenters. The summed E-state index contributed by atoms with van der Waals surface area (Å²) >= 11 is 5.13. The van der Waals surface area contributed by atoms with Crippen LogP contribution >= 0.6 is 12.2 Å². The highest BCUT2D eigenvalue weighted by molar-refractivity contribution is 7.80. The summed E-state index contributed by atoms with van der Waals surface area (Å²) in [5, 5.41) is 0. The lowest BCUT2D eigenvalue weighted by Gasteiger charge is -2.44. The number of likely N-dealkylation sites (tertiary alicyclic amines) is 1. The minimum Gasteiger partial charge on any atom is -0.392 e. The van der Waals surface area contributed by atoms with Crippen LogP contribution in [0.5, 0.6) is 0 Å². The van der Waals surface area contributed by atoms with Crippen molar-refractivity contribution in [3.05, 3.63) is 0 Å². The van der Waals surface area contributed by atoms with Crippen molar-refractivity contribution in [3.8, 4) is 0 Å². The monoisotopic (exact) mass is 254 g/mol. The lowest BCUT2D eigenvalue weighted by atomic mass is 9.67. The highest BCUT2D eigenvalue weighted by Crippen LogP contribution is 2.43. The second-order valence-electron chi connectivity index (χ2n) is 5.50. The van der Waals surface area contributed by atoms with Crippen molar-refractivity contribution in [3.63, 3.8) is 0 Å². The number of carbonyl (C=O) groups excluding carboxylic acids is 1. The van der Waals surface area contributed by atoms with Crippen LogP contribution in [0.4, 0.5) is 0 Å². The topological polar surface area (TPSA) is 46.3 Å². The fourth-order valence-corrected chi connectivity index (χ4v) is 3.24. The van der Waals surface area contributed by atoms with Gasteiger partial charge >= 0.3 is 0 Å². The minimum absolute atomic E-state index is 0.200. The first-order valence-electron chi connectivity index (χ1n) is 6.69. The lowest BCUT2D eigenvalue weighted by Crippen LogP contribution is -2.56. The molecule has 1 aliphatic heterocycles. The van der Waals surface area contributed by atoms with E-state index in [4.69, 9.17) is 18.0 Å². The van der Waals surface area contributed by atoms with Gasteiger partial charge in [-0.2, -0.15) is 0 Å². The highest BCUT2D eigenvalue weighted by Gasteiger charge is 2.49. The fourth-order valence-electron chi connectivity index (χ4n) is 2.95. The van der Waals surface area contributed by atoms with E-state index in [-0.39, 0.29) is 5.91 Å². The summed E-state index contributed by atoms with van der Waals surface area (Å²) in [6.07, 6.45) is 7.46. The Bertz CT molecular complexity index is 325. The van der Waals surface area contributed by atoms with E-state index in [1.165, 1.54) is 12.8 Å². The second-order valence-corrected chi connectivity index (χ2v) is 5.94. The van der Waals surface area contributed by atoms with Crippen molar-refractivity contribution >= 4 is 23.1 Å². The average molecular weight is 254 g/mol. The summed E-state index contributed by atoms with van der Waals surface area (Å²) in [4.78, 5) is 15.1. The number of hydrogen-bond donors (Lipinski definition) is 1. The molecule has 0 bridgehead atoms. The molecule has 96 valence electrons. The number of nitrogens with zero attached hydrogens (tertiary/aromatic N) is 1. The van der Waals surface area contributed by atoms with E-state index in [2.05, 4.69) is 6.92 Å². The fraction of sp³-hybridized carbons (Fsp3) is 0.846. The Morgan fingerprint density at radius 1 is 1.29 bits per heavy atom. The molecule has 2 N–H and O–H groups in total. The van der Waals surface area contributed by atoms with Crippen LogP contribution in [0, 0.1) is 5.41 Å². The molecule has 2 aliphatic rings. The lowest BCUT2D eigenvalue weighted by molar-refractivity contribution is -0.144. The Labute approximate surface area is 109 Å². The summed E-state index contributed by atoms with van der Waals surface area (Å²) < 4.78 is 0. The summed E-state index contributed by atoms with van der Waals surface area (Å²) in [5.74, 6) is 0.200. The van der Waals surface area contributed by atoms with Crippen LogP contribution in [0.25, 0.3) is 0 Å². The summed E-state index contributed by atoms with van der Waals surface area (Å²) in [6, 6.07) is 0.344. The van der Waals surface area contributed by atoms with Gasteiger partial charge in [0, 0.05) is 12.6 Å². The van der Waals surface area contributed by atoms with E-state index in [1.54, 1.807) is 0 Å². The molecule has 4 heteroatoms. The van der Waals surface area contributed by atoms with Crippen LogP contribution in [0.2, 0.25) is 0 Å². The van der Waals surface area contributed by atoms with Crippen LogP contribution < -0.4 is 5.73 Å². The molecule has 0 radical (unpaired) electrons. The SMILES string of the molecule is CC1CCCCCN1C(=O)C1(C(N)=S)CCC1. The molecule has 2 fully saturated rings. The largest absolute Gasteiger partial charge is 0.392 e. The molecule has 17 heavy (non-hydrogen) atoms. The van der Waals surface area contributed by atoms with Crippen LogP contribution in [-0.2, 0) is 4.79 Å². The van der Waals surface area contributed by atoms with Crippen LogP contribution in [0.1, 0.15) is 51.9 Å². The average Bonchev–Trinajstić information content (AvgIpc) is 2.40. The van der Waals surface area contributed by atoms with E-state index < -0.39 is 5.41 Å². The van der Waals surface area contributed by atoms with Crippen LogP contribution in [0.15, 0.2) is 0 Å². The van der Waals surface area contributed by atoms with Gasteiger partial charge in [0.25, 0.3) is 0 Å². The van der Waals surface area contributed by atoms with E-state index in [9.17, 15) is 4.79 Å². The van der Waals surface area contributed by atoms with Crippen molar-refractivity contribution in [1.29, 1.82) is 0 Å². The maximum absolute atomic E-state index is 12.7. The van der Waals surface area contributed by atoms with Gasteiger partial charge in [-0.1, -0.05) is 31.5 Å².